The quantitative estimate of drug-likeness (QED) is 0.915. The van der Waals surface area contributed by atoms with Crippen molar-refractivity contribution < 1.29 is 4.74 Å². The highest BCUT2D eigenvalue weighted by Crippen LogP contribution is 2.31. The molecule has 2 unspecified atom stereocenters. The van der Waals surface area contributed by atoms with Gasteiger partial charge in [-0.15, -0.1) is 0 Å². The number of nitrogens with zero attached hydrogens (tertiary/aromatic N) is 1. The van der Waals surface area contributed by atoms with Crippen LogP contribution >= 0.6 is 11.6 Å². The van der Waals surface area contributed by atoms with Crippen LogP contribution in [-0.2, 0) is 4.74 Å². The second-order valence-corrected chi connectivity index (χ2v) is 5.13. The molecule has 0 amide bonds. The molecule has 1 fully saturated rings. The standard InChI is InChI=1S/C14H21ClN2O/c1-3-17-6-7-18-13(9-16)14(17)11-5-4-10(2)12(15)8-11/h4-5,8,13-14H,3,6-7,9,16H2,1-2H3. The maximum atomic E-state index is 6.22. The van der Waals surface area contributed by atoms with Gasteiger partial charge in [0.2, 0.25) is 0 Å². The van der Waals surface area contributed by atoms with E-state index in [9.17, 15) is 0 Å². The van der Waals surface area contributed by atoms with E-state index in [1.165, 1.54) is 5.56 Å². The summed E-state index contributed by atoms with van der Waals surface area (Å²) in [6.07, 6.45) is 0.0532. The fourth-order valence-electron chi connectivity index (χ4n) is 2.56. The second-order valence-electron chi connectivity index (χ2n) is 4.73. The van der Waals surface area contributed by atoms with E-state index in [0.717, 1.165) is 30.3 Å². The summed E-state index contributed by atoms with van der Waals surface area (Å²) >= 11 is 6.22. The van der Waals surface area contributed by atoms with Gasteiger partial charge in [-0.05, 0) is 30.7 Å². The normalized spacial score (nSPS) is 25.3. The molecule has 0 bridgehead atoms. The largest absolute Gasteiger partial charge is 0.374 e. The number of likely N-dealkylation sites (N-methyl/N-ethyl adjacent to an activating group) is 1. The molecular formula is C14H21ClN2O. The maximum Gasteiger partial charge on any atom is 0.0894 e. The van der Waals surface area contributed by atoms with Crippen molar-refractivity contribution >= 4 is 11.6 Å². The molecule has 0 spiro atoms. The maximum absolute atomic E-state index is 6.22. The second kappa shape index (κ2) is 6.02. The average Bonchev–Trinajstić information content (AvgIpc) is 2.41. The van der Waals surface area contributed by atoms with Crippen molar-refractivity contribution in [3.8, 4) is 0 Å². The fourth-order valence-corrected chi connectivity index (χ4v) is 2.75. The Balaban J connectivity index is 2.32. The van der Waals surface area contributed by atoms with Crippen LogP contribution in [0.4, 0.5) is 0 Å². The van der Waals surface area contributed by atoms with Crippen molar-refractivity contribution in [1.82, 2.24) is 4.90 Å². The summed E-state index contributed by atoms with van der Waals surface area (Å²) < 4.78 is 5.79. The minimum Gasteiger partial charge on any atom is -0.374 e. The summed E-state index contributed by atoms with van der Waals surface area (Å²) in [7, 11) is 0. The summed E-state index contributed by atoms with van der Waals surface area (Å²) in [5.74, 6) is 0. The fraction of sp³-hybridized carbons (Fsp3) is 0.571. The van der Waals surface area contributed by atoms with E-state index in [-0.39, 0.29) is 12.1 Å². The lowest BCUT2D eigenvalue weighted by molar-refractivity contribution is -0.0658. The van der Waals surface area contributed by atoms with E-state index in [2.05, 4.69) is 24.0 Å². The lowest BCUT2D eigenvalue weighted by Gasteiger charge is -2.40. The molecule has 2 atom stereocenters. The molecule has 100 valence electrons. The first-order valence-electron chi connectivity index (χ1n) is 6.49. The summed E-state index contributed by atoms with van der Waals surface area (Å²) in [6, 6.07) is 6.45. The third-order valence-corrected chi connectivity index (χ3v) is 4.04. The van der Waals surface area contributed by atoms with Crippen LogP contribution < -0.4 is 5.73 Å². The van der Waals surface area contributed by atoms with Crippen LogP contribution in [0.5, 0.6) is 0 Å². The van der Waals surface area contributed by atoms with Crippen LogP contribution in [0.15, 0.2) is 18.2 Å². The van der Waals surface area contributed by atoms with Gasteiger partial charge in [0, 0.05) is 18.1 Å². The number of nitrogens with two attached hydrogens (primary N) is 1. The molecule has 2 N–H and O–H groups in total. The van der Waals surface area contributed by atoms with Crippen molar-refractivity contribution in [3.05, 3.63) is 34.3 Å². The van der Waals surface area contributed by atoms with Crippen molar-refractivity contribution in [2.75, 3.05) is 26.2 Å². The van der Waals surface area contributed by atoms with Gasteiger partial charge in [-0.25, -0.2) is 0 Å². The van der Waals surface area contributed by atoms with Gasteiger partial charge < -0.3 is 10.5 Å². The van der Waals surface area contributed by atoms with Crippen LogP contribution in [0.1, 0.15) is 24.1 Å². The van der Waals surface area contributed by atoms with Crippen molar-refractivity contribution in [2.45, 2.75) is 26.0 Å². The number of benzene rings is 1. The molecule has 1 aromatic rings. The van der Waals surface area contributed by atoms with Crippen LogP contribution in [0.25, 0.3) is 0 Å². The number of halogens is 1. The molecule has 3 nitrogen and oxygen atoms in total. The average molecular weight is 269 g/mol. The Hall–Kier alpha value is -0.610. The topological polar surface area (TPSA) is 38.5 Å². The molecule has 1 saturated heterocycles. The smallest absolute Gasteiger partial charge is 0.0894 e. The Kier molecular flexibility index (Phi) is 4.62. The Morgan fingerprint density at radius 1 is 1.50 bits per heavy atom. The van der Waals surface area contributed by atoms with Crippen molar-refractivity contribution in [3.63, 3.8) is 0 Å². The highest BCUT2D eigenvalue weighted by atomic mass is 35.5. The van der Waals surface area contributed by atoms with Gasteiger partial charge >= 0.3 is 0 Å². The first kappa shape index (κ1) is 13.8. The Morgan fingerprint density at radius 2 is 2.28 bits per heavy atom. The predicted octanol–water partition coefficient (Wildman–Crippen LogP) is 2.37. The number of morpholine rings is 1. The van der Waals surface area contributed by atoms with E-state index in [4.69, 9.17) is 22.1 Å². The van der Waals surface area contributed by atoms with Crippen LogP contribution in [0, 0.1) is 6.92 Å². The highest BCUT2D eigenvalue weighted by Gasteiger charge is 2.31. The van der Waals surface area contributed by atoms with Gasteiger partial charge in [0.25, 0.3) is 0 Å². The van der Waals surface area contributed by atoms with E-state index >= 15 is 0 Å². The van der Waals surface area contributed by atoms with Crippen LogP contribution in [-0.4, -0.2) is 37.2 Å². The minimum atomic E-state index is 0.0532. The minimum absolute atomic E-state index is 0.0532. The van der Waals surface area contributed by atoms with E-state index in [1.54, 1.807) is 0 Å². The van der Waals surface area contributed by atoms with Gasteiger partial charge in [0.05, 0.1) is 18.8 Å². The molecule has 1 aliphatic rings. The molecular weight excluding hydrogens is 248 g/mol. The SMILES string of the molecule is CCN1CCOC(CN)C1c1ccc(C)c(Cl)c1. The van der Waals surface area contributed by atoms with Gasteiger partial charge in [-0.1, -0.05) is 30.7 Å². The van der Waals surface area contributed by atoms with Gasteiger partial charge in [0.15, 0.2) is 0 Å². The van der Waals surface area contributed by atoms with Gasteiger partial charge in [0.1, 0.15) is 0 Å². The summed E-state index contributed by atoms with van der Waals surface area (Å²) in [5.41, 5.74) is 8.13. The molecule has 1 aliphatic heterocycles. The first-order chi connectivity index (χ1) is 8.67. The summed E-state index contributed by atoms with van der Waals surface area (Å²) in [6.45, 7) is 7.42. The number of hydrogen-bond acceptors (Lipinski definition) is 3. The third-order valence-electron chi connectivity index (χ3n) is 3.63. The van der Waals surface area contributed by atoms with Crippen LogP contribution in [0.2, 0.25) is 5.02 Å². The van der Waals surface area contributed by atoms with Gasteiger partial charge in [-0.3, -0.25) is 4.90 Å². The molecule has 2 rings (SSSR count). The number of ether oxygens (including phenoxy) is 1. The number of aryl methyl sites for hydroxylation is 1. The Labute approximate surface area is 114 Å². The van der Waals surface area contributed by atoms with Crippen molar-refractivity contribution in [2.24, 2.45) is 5.73 Å². The molecule has 1 heterocycles. The Morgan fingerprint density at radius 3 is 2.89 bits per heavy atom. The van der Waals surface area contributed by atoms with Crippen molar-refractivity contribution in [1.29, 1.82) is 0 Å². The van der Waals surface area contributed by atoms with E-state index in [1.807, 2.05) is 13.0 Å². The predicted molar refractivity (Wildman–Crippen MR) is 75.0 cm³/mol. The molecule has 1 aromatic carbocycles. The molecule has 4 heteroatoms. The molecule has 0 saturated carbocycles. The molecule has 0 radical (unpaired) electrons. The van der Waals surface area contributed by atoms with E-state index < -0.39 is 0 Å². The Bertz CT molecular complexity index is 399. The zero-order valence-electron chi connectivity index (χ0n) is 11.0. The lowest BCUT2D eigenvalue weighted by Crippen LogP contribution is -2.48. The highest BCUT2D eigenvalue weighted by molar-refractivity contribution is 6.31. The molecule has 0 aliphatic carbocycles. The van der Waals surface area contributed by atoms with E-state index in [0.29, 0.717) is 6.54 Å². The molecule has 18 heavy (non-hydrogen) atoms. The summed E-state index contributed by atoms with van der Waals surface area (Å²) in [4.78, 5) is 2.40. The zero-order valence-corrected chi connectivity index (χ0v) is 11.8. The lowest BCUT2D eigenvalue weighted by atomic mass is 9.97. The number of rotatable bonds is 3. The van der Waals surface area contributed by atoms with Crippen LogP contribution in [0.3, 0.4) is 0 Å². The monoisotopic (exact) mass is 268 g/mol. The number of hydrogen-bond donors (Lipinski definition) is 1. The summed E-state index contributed by atoms with van der Waals surface area (Å²) in [5, 5.41) is 0.810. The zero-order chi connectivity index (χ0) is 13.1. The third kappa shape index (κ3) is 2.69. The van der Waals surface area contributed by atoms with Gasteiger partial charge in [-0.2, -0.15) is 0 Å². The molecule has 0 aromatic heterocycles. The first-order valence-corrected chi connectivity index (χ1v) is 6.87.